The molecule has 0 aliphatic carbocycles. The highest BCUT2D eigenvalue weighted by Gasteiger charge is 2.30. The second-order valence-electron chi connectivity index (χ2n) is 6.81. The van der Waals surface area contributed by atoms with Crippen molar-refractivity contribution >= 4 is 22.7 Å². The van der Waals surface area contributed by atoms with Gasteiger partial charge < -0.3 is 9.15 Å². The predicted molar refractivity (Wildman–Crippen MR) is 109 cm³/mol. The molecule has 0 saturated carbocycles. The SMILES string of the molecule is O=C(Oc1ccc2cc(C(=O)c3ccccc3)c(=O)oc2c1)c1ccc(C(F)(F)F)cc1. The lowest BCUT2D eigenvalue weighted by atomic mass is 10.0. The fraction of sp³-hybridized carbons (Fsp3) is 0.0417. The van der Waals surface area contributed by atoms with Gasteiger partial charge >= 0.3 is 17.8 Å². The Kier molecular flexibility index (Phi) is 5.36. The summed E-state index contributed by atoms with van der Waals surface area (Å²) in [6.45, 7) is 0. The van der Waals surface area contributed by atoms with Crippen LogP contribution in [0.3, 0.4) is 0 Å². The monoisotopic (exact) mass is 438 g/mol. The first kappa shape index (κ1) is 21.0. The average molecular weight is 438 g/mol. The molecule has 0 aliphatic heterocycles. The van der Waals surface area contributed by atoms with Crippen molar-refractivity contribution in [2.24, 2.45) is 0 Å². The lowest BCUT2D eigenvalue weighted by molar-refractivity contribution is -0.137. The summed E-state index contributed by atoms with van der Waals surface area (Å²) >= 11 is 0. The zero-order chi connectivity index (χ0) is 22.9. The van der Waals surface area contributed by atoms with Crippen LogP contribution in [0.2, 0.25) is 0 Å². The third kappa shape index (κ3) is 4.29. The molecule has 0 aliphatic rings. The Morgan fingerprint density at radius 2 is 1.50 bits per heavy atom. The molecule has 0 spiro atoms. The van der Waals surface area contributed by atoms with E-state index in [0.29, 0.717) is 10.9 Å². The number of carbonyl (C=O) groups excluding carboxylic acids is 2. The molecular formula is C24H13F3O5. The van der Waals surface area contributed by atoms with E-state index in [4.69, 9.17) is 9.15 Å². The van der Waals surface area contributed by atoms with Crippen molar-refractivity contribution in [1.82, 2.24) is 0 Å². The number of ether oxygens (including phenoxy) is 1. The van der Waals surface area contributed by atoms with Crippen LogP contribution in [0.1, 0.15) is 31.8 Å². The van der Waals surface area contributed by atoms with E-state index < -0.39 is 29.1 Å². The van der Waals surface area contributed by atoms with Crippen LogP contribution in [-0.4, -0.2) is 11.8 Å². The Morgan fingerprint density at radius 3 is 2.16 bits per heavy atom. The van der Waals surface area contributed by atoms with Crippen molar-refractivity contribution in [2.45, 2.75) is 6.18 Å². The Hall–Kier alpha value is -4.20. The van der Waals surface area contributed by atoms with E-state index in [1.54, 1.807) is 30.3 Å². The third-order valence-corrected chi connectivity index (χ3v) is 4.65. The van der Waals surface area contributed by atoms with E-state index in [2.05, 4.69) is 0 Å². The lowest BCUT2D eigenvalue weighted by Gasteiger charge is -2.08. The number of rotatable bonds is 4. The van der Waals surface area contributed by atoms with Crippen LogP contribution in [0.25, 0.3) is 11.0 Å². The van der Waals surface area contributed by atoms with Gasteiger partial charge in [0.05, 0.1) is 11.1 Å². The molecule has 0 unspecified atom stereocenters. The number of fused-ring (bicyclic) bond motifs is 1. The number of benzene rings is 3. The molecule has 1 aromatic heterocycles. The largest absolute Gasteiger partial charge is 0.423 e. The zero-order valence-electron chi connectivity index (χ0n) is 16.2. The Bertz CT molecular complexity index is 1370. The molecule has 4 rings (SSSR count). The molecule has 4 aromatic rings. The molecular weight excluding hydrogens is 425 g/mol. The van der Waals surface area contributed by atoms with E-state index in [0.717, 1.165) is 24.3 Å². The van der Waals surface area contributed by atoms with E-state index in [-0.39, 0.29) is 22.5 Å². The van der Waals surface area contributed by atoms with Gasteiger partial charge in [0.1, 0.15) is 16.9 Å². The molecule has 0 N–H and O–H groups in total. The van der Waals surface area contributed by atoms with Gasteiger partial charge in [-0.3, -0.25) is 4.79 Å². The summed E-state index contributed by atoms with van der Waals surface area (Å²) in [5.74, 6) is -1.34. The van der Waals surface area contributed by atoms with Gasteiger partial charge in [-0.2, -0.15) is 13.2 Å². The third-order valence-electron chi connectivity index (χ3n) is 4.65. The molecule has 1 heterocycles. The number of halogens is 3. The van der Waals surface area contributed by atoms with Gasteiger partial charge in [0.15, 0.2) is 5.78 Å². The second-order valence-corrected chi connectivity index (χ2v) is 6.81. The highest BCUT2D eigenvalue weighted by atomic mass is 19.4. The number of ketones is 1. The molecule has 0 amide bonds. The second kappa shape index (κ2) is 8.14. The molecule has 32 heavy (non-hydrogen) atoms. The number of esters is 1. The molecule has 0 atom stereocenters. The standard InChI is InChI=1S/C24H13F3O5/c25-24(26,27)17-9-6-15(7-10-17)22(29)31-18-11-8-16-12-19(23(30)32-20(16)13-18)21(28)14-4-2-1-3-5-14/h1-13H. The first-order valence-electron chi connectivity index (χ1n) is 9.29. The first-order valence-corrected chi connectivity index (χ1v) is 9.29. The summed E-state index contributed by atoms with van der Waals surface area (Å²) in [6, 6.07) is 17.4. The molecule has 5 nitrogen and oxygen atoms in total. The summed E-state index contributed by atoms with van der Waals surface area (Å²) in [4.78, 5) is 37.1. The van der Waals surface area contributed by atoms with E-state index in [1.807, 2.05) is 0 Å². The normalized spacial score (nSPS) is 11.3. The number of carbonyl (C=O) groups is 2. The molecule has 0 radical (unpaired) electrons. The topological polar surface area (TPSA) is 73.6 Å². The zero-order valence-corrected chi connectivity index (χ0v) is 16.2. The van der Waals surface area contributed by atoms with Crippen LogP contribution in [0.4, 0.5) is 13.2 Å². The van der Waals surface area contributed by atoms with Crippen molar-refractivity contribution in [3.05, 3.63) is 112 Å². The average Bonchev–Trinajstić information content (AvgIpc) is 2.78. The van der Waals surface area contributed by atoms with Crippen molar-refractivity contribution in [3.8, 4) is 5.75 Å². The van der Waals surface area contributed by atoms with Crippen molar-refractivity contribution in [1.29, 1.82) is 0 Å². The maximum absolute atomic E-state index is 12.7. The van der Waals surface area contributed by atoms with Crippen LogP contribution < -0.4 is 10.4 Å². The van der Waals surface area contributed by atoms with E-state index in [9.17, 15) is 27.6 Å². The van der Waals surface area contributed by atoms with Gasteiger partial charge in [-0.15, -0.1) is 0 Å². The van der Waals surface area contributed by atoms with Gasteiger partial charge in [-0.05, 0) is 42.5 Å². The maximum atomic E-state index is 12.7. The summed E-state index contributed by atoms with van der Waals surface area (Å²) < 4.78 is 48.3. The Labute approximate surface area is 178 Å². The van der Waals surface area contributed by atoms with Crippen LogP contribution in [0.15, 0.2) is 88.1 Å². The summed E-state index contributed by atoms with van der Waals surface area (Å²) in [5.41, 5.74) is -1.54. The van der Waals surface area contributed by atoms with Gasteiger partial charge in [-0.25, -0.2) is 9.59 Å². The highest BCUT2D eigenvalue weighted by molar-refractivity contribution is 6.09. The van der Waals surface area contributed by atoms with E-state index in [1.165, 1.54) is 24.3 Å². The molecule has 0 fully saturated rings. The summed E-state index contributed by atoms with van der Waals surface area (Å²) in [5, 5.41) is 0.429. The van der Waals surface area contributed by atoms with Crippen molar-refractivity contribution < 1.29 is 31.9 Å². The fourth-order valence-corrected chi connectivity index (χ4v) is 3.02. The summed E-state index contributed by atoms with van der Waals surface area (Å²) in [6.07, 6.45) is -4.51. The number of hydrogen-bond acceptors (Lipinski definition) is 5. The van der Waals surface area contributed by atoms with Crippen LogP contribution in [-0.2, 0) is 6.18 Å². The van der Waals surface area contributed by atoms with E-state index >= 15 is 0 Å². The number of alkyl halides is 3. The van der Waals surface area contributed by atoms with Gasteiger partial charge in [0.25, 0.3) is 0 Å². The Balaban J connectivity index is 1.58. The van der Waals surface area contributed by atoms with Crippen LogP contribution in [0, 0.1) is 0 Å². The molecule has 8 heteroatoms. The minimum atomic E-state index is -4.51. The van der Waals surface area contributed by atoms with Gasteiger partial charge in [-0.1, -0.05) is 30.3 Å². The van der Waals surface area contributed by atoms with Gasteiger partial charge in [0, 0.05) is 17.0 Å². The van der Waals surface area contributed by atoms with Crippen molar-refractivity contribution in [3.63, 3.8) is 0 Å². The minimum Gasteiger partial charge on any atom is -0.423 e. The fourth-order valence-electron chi connectivity index (χ4n) is 3.02. The molecule has 160 valence electrons. The molecule has 0 saturated heterocycles. The smallest absolute Gasteiger partial charge is 0.416 e. The predicted octanol–water partition coefficient (Wildman–Crippen LogP) is 5.26. The highest BCUT2D eigenvalue weighted by Crippen LogP contribution is 2.29. The lowest BCUT2D eigenvalue weighted by Crippen LogP contribution is -2.14. The maximum Gasteiger partial charge on any atom is 0.416 e. The minimum absolute atomic E-state index is 0.0210. The molecule has 3 aromatic carbocycles. The van der Waals surface area contributed by atoms with Crippen LogP contribution >= 0.6 is 0 Å². The van der Waals surface area contributed by atoms with Crippen LogP contribution in [0.5, 0.6) is 5.75 Å². The van der Waals surface area contributed by atoms with Crippen molar-refractivity contribution in [2.75, 3.05) is 0 Å². The van der Waals surface area contributed by atoms with Gasteiger partial charge in [0.2, 0.25) is 0 Å². The summed E-state index contributed by atoms with van der Waals surface area (Å²) in [7, 11) is 0. The quantitative estimate of drug-likeness (QED) is 0.188. The molecule has 0 bridgehead atoms. The first-order chi connectivity index (χ1) is 15.2. The number of hydrogen-bond donors (Lipinski definition) is 0. The Morgan fingerprint density at radius 1 is 0.812 bits per heavy atom.